The Morgan fingerprint density at radius 1 is 1.15 bits per heavy atom. The van der Waals surface area contributed by atoms with Crippen LogP contribution in [0, 0.1) is 11.7 Å². The number of ether oxygens (including phenoxy) is 1. The maximum Gasteiger partial charge on any atom is 0.416 e. The van der Waals surface area contributed by atoms with Crippen LogP contribution >= 0.6 is 0 Å². The highest BCUT2D eigenvalue weighted by Crippen LogP contribution is 2.43. The van der Waals surface area contributed by atoms with Gasteiger partial charge in [-0.1, -0.05) is 26.8 Å². The Labute approximate surface area is 238 Å². The van der Waals surface area contributed by atoms with Crippen LogP contribution in [-0.4, -0.2) is 37.3 Å². The second-order valence-electron chi connectivity index (χ2n) is 12.6. The van der Waals surface area contributed by atoms with Crippen molar-refractivity contribution in [1.82, 2.24) is 9.88 Å². The highest BCUT2D eigenvalue weighted by molar-refractivity contribution is 6.74. The quantitative estimate of drug-likeness (QED) is 0.228. The number of nitrogens with two attached hydrogens (primary N) is 1. The van der Waals surface area contributed by atoms with E-state index in [-0.39, 0.29) is 41.3 Å². The molecule has 1 amide bonds. The van der Waals surface area contributed by atoms with Gasteiger partial charge in [-0.05, 0) is 61.2 Å². The van der Waals surface area contributed by atoms with Crippen LogP contribution < -0.4 is 10.5 Å². The number of carbonyl (C=O) groups is 1. The summed E-state index contributed by atoms with van der Waals surface area (Å²) < 4.78 is 67.1. The average molecular weight is 590 g/mol. The lowest BCUT2D eigenvalue weighted by atomic mass is 10.0. The molecule has 2 aromatic carbocycles. The Morgan fingerprint density at radius 2 is 1.85 bits per heavy atom. The molecule has 0 saturated heterocycles. The molecule has 11 heteroatoms. The molecule has 1 saturated carbocycles. The predicted molar refractivity (Wildman–Crippen MR) is 152 cm³/mol. The van der Waals surface area contributed by atoms with Crippen LogP contribution in [0.15, 0.2) is 36.4 Å². The molecule has 0 bridgehead atoms. The molecule has 1 aliphatic heterocycles. The fourth-order valence-electron chi connectivity index (χ4n) is 4.72. The van der Waals surface area contributed by atoms with Gasteiger partial charge < -0.3 is 19.8 Å². The molecule has 5 rings (SSSR count). The smallest absolute Gasteiger partial charge is 0.416 e. The number of nitrogen functional groups attached to an aromatic ring is 1. The molecular weight excluding hydrogens is 554 g/mol. The van der Waals surface area contributed by atoms with Crippen LogP contribution in [0.3, 0.4) is 0 Å². The number of aromatic nitrogens is 1. The molecule has 1 aliphatic carbocycles. The summed E-state index contributed by atoms with van der Waals surface area (Å²) in [4.78, 5) is 19.8. The zero-order valence-corrected chi connectivity index (χ0v) is 24.9. The summed E-state index contributed by atoms with van der Waals surface area (Å²) in [5, 5.41) is 0.540. The molecule has 1 unspecified atom stereocenters. The van der Waals surface area contributed by atoms with E-state index >= 15 is 4.39 Å². The van der Waals surface area contributed by atoms with Crippen molar-refractivity contribution in [3.8, 4) is 5.75 Å². The van der Waals surface area contributed by atoms with Crippen molar-refractivity contribution in [3.05, 3.63) is 64.5 Å². The summed E-state index contributed by atoms with van der Waals surface area (Å²) in [5.74, 6) is -0.714. The van der Waals surface area contributed by atoms with Crippen LogP contribution in [0.5, 0.6) is 5.75 Å². The molecule has 2 N–H and O–H groups in total. The van der Waals surface area contributed by atoms with Gasteiger partial charge in [-0.15, -0.1) is 0 Å². The van der Waals surface area contributed by atoms with Crippen molar-refractivity contribution in [2.45, 2.75) is 70.6 Å². The van der Waals surface area contributed by atoms with E-state index in [9.17, 15) is 18.0 Å². The number of hydrogen-bond acceptors (Lipinski definition) is 5. The number of anilines is 1. The first-order valence-corrected chi connectivity index (χ1v) is 16.6. The standard InChI is InChI=1S/C30H35F4N3O3Si/c1-29(2,3)41(4,5)40-15-19-10-18-11-22(23(31)13-24(18)36-27(19)35)28(38)37(14-17-6-7-17)25-16-39-26-12-20(30(32,33)34)8-9-21(25)26/h8-13,17,25H,6-7,14-16H2,1-5H3,(H2,35,36). The lowest BCUT2D eigenvalue weighted by molar-refractivity contribution is -0.137. The van der Waals surface area contributed by atoms with Gasteiger partial charge in [0.2, 0.25) is 0 Å². The summed E-state index contributed by atoms with van der Waals surface area (Å²) in [6, 6.07) is 7.10. The van der Waals surface area contributed by atoms with Crippen molar-refractivity contribution in [1.29, 1.82) is 0 Å². The van der Waals surface area contributed by atoms with Gasteiger partial charge in [-0.25, -0.2) is 9.37 Å². The maximum absolute atomic E-state index is 15.4. The minimum atomic E-state index is -4.51. The number of halogens is 4. The van der Waals surface area contributed by atoms with Gasteiger partial charge in [-0.3, -0.25) is 4.79 Å². The third kappa shape index (κ3) is 5.92. The number of fused-ring (bicyclic) bond motifs is 2. The highest BCUT2D eigenvalue weighted by Gasteiger charge is 2.40. The first-order valence-electron chi connectivity index (χ1n) is 13.7. The first kappa shape index (κ1) is 29.3. The van der Waals surface area contributed by atoms with Gasteiger partial charge >= 0.3 is 6.18 Å². The fourth-order valence-corrected chi connectivity index (χ4v) is 5.67. The number of pyridine rings is 1. The predicted octanol–water partition coefficient (Wildman–Crippen LogP) is 7.48. The molecule has 41 heavy (non-hydrogen) atoms. The molecule has 2 aliphatic rings. The molecule has 1 aromatic heterocycles. The molecule has 3 aromatic rings. The van der Waals surface area contributed by atoms with E-state index < -0.39 is 37.8 Å². The van der Waals surface area contributed by atoms with Crippen molar-refractivity contribution < 1.29 is 31.5 Å². The normalized spacial score (nSPS) is 17.4. The molecule has 220 valence electrons. The number of rotatable bonds is 7. The third-order valence-corrected chi connectivity index (χ3v) is 13.0. The van der Waals surface area contributed by atoms with Crippen LogP contribution in [0.4, 0.5) is 23.4 Å². The maximum atomic E-state index is 15.4. The van der Waals surface area contributed by atoms with Gasteiger partial charge in [0.1, 0.15) is 24.0 Å². The second kappa shape index (κ2) is 10.3. The number of alkyl halides is 3. The van der Waals surface area contributed by atoms with Gasteiger partial charge in [0.05, 0.1) is 29.3 Å². The lowest BCUT2D eigenvalue weighted by Crippen LogP contribution is -2.40. The number of benzene rings is 2. The second-order valence-corrected chi connectivity index (χ2v) is 17.4. The van der Waals surface area contributed by atoms with Gasteiger partial charge in [0.25, 0.3) is 5.91 Å². The van der Waals surface area contributed by atoms with Crippen molar-refractivity contribution in [2.75, 3.05) is 18.9 Å². The molecule has 0 radical (unpaired) electrons. The highest BCUT2D eigenvalue weighted by atomic mass is 28.4. The Balaban J connectivity index is 1.47. The van der Waals surface area contributed by atoms with Crippen LogP contribution in [0.2, 0.25) is 18.1 Å². The van der Waals surface area contributed by atoms with E-state index in [0.29, 0.717) is 28.6 Å². The Morgan fingerprint density at radius 3 is 2.49 bits per heavy atom. The van der Waals surface area contributed by atoms with E-state index in [4.69, 9.17) is 14.9 Å². The van der Waals surface area contributed by atoms with E-state index in [1.54, 1.807) is 6.07 Å². The summed E-state index contributed by atoms with van der Waals surface area (Å²) in [5.41, 5.74) is 6.68. The number of amides is 1. The van der Waals surface area contributed by atoms with E-state index in [1.807, 2.05) is 0 Å². The van der Waals surface area contributed by atoms with Gasteiger partial charge in [0.15, 0.2) is 8.32 Å². The van der Waals surface area contributed by atoms with Gasteiger partial charge in [-0.2, -0.15) is 13.2 Å². The van der Waals surface area contributed by atoms with Crippen LogP contribution in [0.25, 0.3) is 10.9 Å². The monoisotopic (exact) mass is 589 g/mol. The largest absolute Gasteiger partial charge is 0.491 e. The van der Waals surface area contributed by atoms with Crippen molar-refractivity contribution in [3.63, 3.8) is 0 Å². The van der Waals surface area contributed by atoms with E-state index in [1.165, 1.54) is 23.1 Å². The first-order chi connectivity index (χ1) is 19.0. The van der Waals surface area contributed by atoms with Gasteiger partial charge in [0, 0.05) is 29.1 Å². The lowest BCUT2D eigenvalue weighted by Gasteiger charge is -2.36. The van der Waals surface area contributed by atoms with E-state index in [0.717, 1.165) is 25.0 Å². The summed E-state index contributed by atoms with van der Waals surface area (Å²) in [6.45, 7) is 11.3. The zero-order chi connectivity index (χ0) is 29.9. The topological polar surface area (TPSA) is 77.7 Å². The summed E-state index contributed by atoms with van der Waals surface area (Å²) in [6.07, 6.45) is -2.66. The van der Waals surface area contributed by atoms with E-state index in [2.05, 4.69) is 38.8 Å². The minimum absolute atomic E-state index is 0.00265. The van der Waals surface area contributed by atoms with Crippen molar-refractivity contribution >= 4 is 30.9 Å². The number of nitrogens with zero attached hydrogens (tertiary/aromatic N) is 2. The fraction of sp³-hybridized carbons (Fsp3) is 0.467. The minimum Gasteiger partial charge on any atom is -0.491 e. The molecule has 2 heterocycles. The summed E-state index contributed by atoms with van der Waals surface area (Å²) >= 11 is 0. The Bertz CT molecular complexity index is 1500. The Kier molecular flexibility index (Phi) is 7.34. The molecule has 1 atom stereocenters. The Hall–Kier alpha value is -3.18. The third-order valence-electron chi connectivity index (χ3n) is 8.53. The molecular formula is C30H35F4N3O3Si. The molecule has 1 fully saturated rings. The molecule has 0 spiro atoms. The number of hydrogen-bond donors (Lipinski definition) is 1. The SMILES string of the molecule is CC(C)(C)[Si](C)(C)OCc1cc2cc(C(=O)N(CC3CC3)C3COc4cc(C(F)(F)F)ccc43)c(F)cc2nc1N. The van der Waals surface area contributed by atoms with Crippen LogP contribution in [0.1, 0.15) is 66.7 Å². The van der Waals surface area contributed by atoms with Crippen molar-refractivity contribution in [2.24, 2.45) is 5.92 Å². The molecule has 6 nitrogen and oxygen atoms in total. The summed E-state index contributed by atoms with van der Waals surface area (Å²) in [7, 11) is -2.08. The van der Waals surface area contributed by atoms with Crippen LogP contribution in [-0.2, 0) is 17.2 Å². The zero-order valence-electron chi connectivity index (χ0n) is 23.9. The number of carbonyl (C=O) groups excluding carboxylic acids is 1. The average Bonchev–Trinajstić information content (AvgIpc) is 3.60.